The molecule has 1 heterocycles. The Balaban J connectivity index is 2.43. The lowest BCUT2D eigenvalue weighted by atomic mass is 10.1. The number of pyridine rings is 1. The summed E-state index contributed by atoms with van der Waals surface area (Å²) in [5.74, 6) is -0.389. The average molecular weight is 265 g/mol. The SMILES string of the molecule is Cn1c(=O)c(CNC(=O)CCl)cc2ccccc21. The molecule has 0 saturated heterocycles. The molecular formula is C13H13ClN2O2. The van der Waals surface area contributed by atoms with E-state index in [1.807, 2.05) is 24.3 Å². The maximum absolute atomic E-state index is 12.1. The van der Waals surface area contributed by atoms with Gasteiger partial charge in [0.1, 0.15) is 5.88 Å². The van der Waals surface area contributed by atoms with Crippen molar-refractivity contribution < 1.29 is 4.79 Å². The van der Waals surface area contributed by atoms with Crippen molar-refractivity contribution in [2.24, 2.45) is 7.05 Å². The van der Waals surface area contributed by atoms with Gasteiger partial charge in [-0.25, -0.2) is 0 Å². The molecule has 0 atom stereocenters. The third-order valence-corrected chi connectivity index (χ3v) is 3.05. The largest absolute Gasteiger partial charge is 0.351 e. The van der Waals surface area contributed by atoms with Crippen LogP contribution in [0.1, 0.15) is 5.56 Å². The first-order chi connectivity index (χ1) is 8.63. The number of aromatic nitrogens is 1. The molecule has 0 fully saturated rings. The number of hydrogen-bond donors (Lipinski definition) is 1. The number of benzene rings is 1. The third kappa shape index (κ3) is 2.38. The summed E-state index contributed by atoms with van der Waals surface area (Å²) in [6, 6.07) is 9.41. The highest BCUT2D eigenvalue weighted by molar-refractivity contribution is 6.27. The minimum atomic E-state index is -0.285. The highest BCUT2D eigenvalue weighted by Crippen LogP contribution is 2.12. The molecule has 1 aromatic carbocycles. The quantitative estimate of drug-likeness (QED) is 0.852. The minimum absolute atomic E-state index is 0.103. The molecule has 0 aliphatic rings. The molecule has 0 unspecified atom stereocenters. The Morgan fingerprint density at radius 3 is 2.83 bits per heavy atom. The van der Waals surface area contributed by atoms with Gasteiger partial charge in [-0.1, -0.05) is 18.2 Å². The van der Waals surface area contributed by atoms with E-state index in [1.165, 1.54) is 0 Å². The molecule has 94 valence electrons. The predicted molar refractivity (Wildman–Crippen MR) is 71.8 cm³/mol. The van der Waals surface area contributed by atoms with Gasteiger partial charge in [0.15, 0.2) is 0 Å². The van der Waals surface area contributed by atoms with E-state index in [9.17, 15) is 9.59 Å². The van der Waals surface area contributed by atoms with Gasteiger partial charge in [0.2, 0.25) is 5.91 Å². The molecule has 0 aliphatic heterocycles. The number of carbonyl (C=O) groups is 1. The van der Waals surface area contributed by atoms with Gasteiger partial charge in [-0.15, -0.1) is 11.6 Å². The number of fused-ring (bicyclic) bond motifs is 1. The van der Waals surface area contributed by atoms with Crippen LogP contribution in [0.4, 0.5) is 0 Å². The summed E-state index contributed by atoms with van der Waals surface area (Å²) in [6.45, 7) is 0.197. The highest BCUT2D eigenvalue weighted by atomic mass is 35.5. The molecule has 0 bridgehead atoms. The number of alkyl halides is 1. The van der Waals surface area contributed by atoms with Crippen LogP contribution in [0.5, 0.6) is 0 Å². The molecule has 2 rings (SSSR count). The van der Waals surface area contributed by atoms with E-state index >= 15 is 0 Å². The van der Waals surface area contributed by atoms with Crippen LogP contribution in [0.3, 0.4) is 0 Å². The van der Waals surface area contributed by atoms with Gasteiger partial charge in [-0.05, 0) is 17.5 Å². The smallest absolute Gasteiger partial charge is 0.255 e. The second-order valence-electron chi connectivity index (χ2n) is 4.00. The molecule has 1 amide bonds. The van der Waals surface area contributed by atoms with Crippen molar-refractivity contribution in [2.45, 2.75) is 6.54 Å². The predicted octanol–water partition coefficient (Wildman–Crippen LogP) is 1.39. The zero-order valence-corrected chi connectivity index (χ0v) is 10.7. The lowest BCUT2D eigenvalue weighted by Gasteiger charge is -2.09. The molecule has 0 radical (unpaired) electrons. The Labute approximate surface area is 109 Å². The van der Waals surface area contributed by atoms with E-state index in [-0.39, 0.29) is 23.9 Å². The van der Waals surface area contributed by atoms with Gasteiger partial charge in [-0.2, -0.15) is 0 Å². The Morgan fingerprint density at radius 2 is 2.11 bits per heavy atom. The van der Waals surface area contributed by atoms with Crippen LogP contribution in [-0.4, -0.2) is 16.4 Å². The van der Waals surface area contributed by atoms with Gasteiger partial charge < -0.3 is 9.88 Å². The van der Waals surface area contributed by atoms with Gasteiger partial charge in [0, 0.05) is 19.2 Å². The van der Waals surface area contributed by atoms with Crippen molar-refractivity contribution >= 4 is 28.4 Å². The molecule has 1 N–H and O–H groups in total. The normalized spacial score (nSPS) is 10.6. The first-order valence-corrected chi connectivity index (χ1v) is 6.07. The van der Waals surface area contributed by atoms with Gasteiger partial charge in [0.05, 0.1) is 5.52 Å². The third-order valence-electron chi connectivity index (χ3n) is 2.80. The number of aryl methyl sites for hydroxylation is 1. The first kappa shape index (κ1) is 12.6. The Morgan fingerprint density at radius 1 is 1.39 bits per heavy atom. The number of amides is 1. The summed E-state index contributed by atoms with van der Waals surface area (Å²) in [5, 5.41) is 3.56. The number of nitrogens with zero attached hydrogens (tertiary/aromatic N) is 1. The summed E-state index contributed by atoms with van der Waals surface area (Å²) in [6.07, 6.45) is 0. The van der Waals surface area contributed by atoms with Crippen molar-refractivity contribution in [1.29, 1.82) is 0 Å². The zero-order chi connectivity index (χ0) is 13.1. The van der Waals surface area contributed by atoms with Crippen molar-refractivity contribution in [3.63, 3.8) is 0 Å². The van der Waals surface area contributed by atoms with Crippen molar-refractivity contribution in [3.8, 4) is 0 Å². The molecule has 0 aliphatic carbocycles. The number of para-hydroxylation sites is 1. The zero-order valence-electron chi connectivity index (χ0n) is 9.94. The fourth-order valence-corrected chi connectivity index (χ4v) is 1.95. The maximum atomic E-state index is 12.1. The summed E-state index contributed by atoms with van der Waals surface area (Å²) < 4.78 is 1.58. The molecule has 2 aromatic rings. The number of hydrogen-bond acceptors (Lipinski definition) is 2. The van der Waals surface area contributed by atoms with Crippen LogP contribution < -0.4 is 10.9 Å². The van der Waals surface area contributed by atoms with Gasteiger partial charge in [0.25, 0.3) is 5.56 Å². The monoisotopic (exact) mass is 264 g/mol. The summed E-state index contributed by atoms with van der Waals surface area (Å²) in [5.41, 5.74) is 1.31. The van der Waals surface area contributed by atoms with E-state index in [1.54, 1.807) is 17.7 Å². The fourth-order valence-electron chi connectivity index (χ4n) is 1.86. The van der Waals surface area contributed by atoms with Crippen LogP contribution in [0.2, 0.25) is 0 Å². The van der Waals surface area contributed by atoms with E-state index in [0.717, 1.165) is 10.9 Å². The molecule has 0 saturated carbocycles. The van der Waals surface area contributed by atoms with Crippen LogP contribution in [-0.2, 0) is 18.4 Å². The highest BCUT2D eigenvalue weighted by Gasteiger charge is 2.07. The molecular weight excluding hydrogens is 252 g/mol. The molecule has 1 aromatic heterocycles. The van der Waals surface area contributed by atoms with Gasteiger partial charge in [-0.3, -0.25) is 9.59 Å². The molecule has 0 spiro atoms. The van der Waals surface area contributed by atoms with E-state index in [0.29, 0.717) is 5.56 Å². The lowest BCUT2D eigenvalue weighted by molar-refractivity contribution is -0.118. The van der Waals surface area contributed by atoms with Crippen LogP contribution in [0.15, 0.2) is 35.1 Å². The fraction of sp³-hybridized carbons (Fsp3) is 0.231. The van der Waals surface area contributed by atoms with E-state index in [4.69, 9.17) is 11.6 Å². The number of carbonyl (C=O) groups excluding carboxylic acids is 1. The van der Waals surface area contributed by atoms with Gasteiger partial charge >= 0.3 is 0 Å². The standard InChI is InChI=1S/C13H13ClN2O2/c1-16-11-5-3-2-4-9(11)6-10(13(16)18)8-15-12(17)7-14/h2-6H,7-8H2,1H3,(H,15,17). The first-order valence-electron chi connectivity index (χ1n) is 5.54. The second-order valence-corrected chi connectivity index (χ2v) is 4.27. The Kier molecular flexibility index (Phi) is 3.67. The molecule has 5 heteroatoms. The average Bonchev–Trinajstić information content (AvgIpc) is 2.41. The number of rotatable bonds is 3. The van der Waals surface area contributed by atoms with Crippen LogP contribution in [0, 0.1) is 0 Å². The topological polar surface area (TPSA) is 51.1 Å². The number of nitrogens with one attached hydrogen (secondary N) is 1. The summed E-state index contributed by atoms with van der Waals surface area (Å²) in [4.78, 5) is 23.2. The Bertz CT molecular complexity index is 649. The minimum Gasteiger partial charge on any atom is -0.351 e. The van der Waals surface area contributed by atoms with E-state index < -0.39 is 0 Å². The maximum Gasteiger partial charge on any atom is 0.255 e. The summed E-state index contributed by atoms with van der Waals surface area (Å²) >= 11 is 5.39. The van der Waals surface area contributed by atoms with Crippen molar-refractivity contribution in [1.82, 2.24) is 9.88 Å². The lowest BCUT2D eigenvalue weighted by Crippen LogP contribution is -2.29. The van der Waals surface area contributed by atoms with Crippen molar-refractivity contribution in [2.75, 3.05) is 5.88 Å². The molecule has 18 heavy (non-hydrogen) atoms. The Hall–Kier alpha value is -1.81. The second kappa shape index (κ2) is 5.23. The van der Waals surface area contributed by atoms with Crippen molar-refractivity contribution in [3.05, 3.63) is 46.2 Å². The summed E-state index contributed by atoms with van der Waals surface area (Å²) in [7, 11) is 1.72. The molecule has 4 nitrogen and oxygen atoms in total. The van der Waals surface area contributed by atoms with E-state index in [2.05, 4.69) is 5.32 Å². The van der Waals surface area contributed by atoms with Crippen LogP contribution >= 0.6 is 11.6 Å². The number of halogens is 1. The van der Waals surface area contributed by atoms with Crippen LogP contribution in [0.25, 0.3) is 10.9 Å².